The standard InChI is InChI=1S/C10H10ClNO/c1-2-3-4-10(13)8-5-9(11)7-12-6-8/h3-7H,2H2,1H3. The molecule has 1 heterocycles. The van der Waals surface area contributed by atoms with E-state index in [1.54, 1.807) is 6.07 Å². The van der Waals surface area contributed by atoms with Crippen LogP contribution in [0.4, 0.5) is 0 Å². The molecule has 0 aliphatic heterocycles. The van der Waals surface area contributed by atoms with Gasteiger partial charge >= 0.3 is 0 Å². The van der Waals surface area contributed by atoms with Crippen LogP contribution in [0, 0.1) is 0 Å². The number of pyridine rings is 1. The maximum atomic E-state index is 11.4. The molecule has 1 rings (SSSR count). The Hall–Kier alpha value is -1.15. The van der Waals surface area contributed by atoms with Crippen molar-refractivity contribution in [2.24, 2.45) is 0 Å². The number of halogens is 1. The zero-order chi connectivity index (χ0) is 9.68. The highest BCUT2D eigenvalue weighted by Crippen LogP contribution is 2.09. The summed E-state index contributed by atoms with van der Waals surface area (Å²) in [5.41, 5.74) is 0.525. The van der Waals surface area contributed by atoms with Crippen molar-refractivity contribution >= 4 is 17.4 Å². The molecule has 0 atom stereocenters. The van der Waals surface area contributed by atoms with Crippen LogP contribution in [0.15, 0.2) is 30.6 Å². The van der Waals surface area contributed by atoms with E-state index in [1.165, 1.54) is 18.5 Å². The SMILES string of the molecule is CCC=CC(=O)c1cncc(Cl)c1. The van der Waals surface area contributed by atoms with Crippen molar-refractivity contribution in [3.05, 3.63) is 41.2 Å². The van der Waals surface area contributed by atoms with Gasteiger partial charge in [0.15, 0.2) is 5.78 Å². The third-order valence-electron chi connectivity index (χ3n) is 1.49. The Bertz CT molecular complexity index is 333. The molecule has 0 spiro atoms. The second kappa shape index (κ2) is 4.77. The lowest BCUT2D eigenvalue weighted by Gasteiger charge is -1.94. The Morgan fingerprint density at radius 3 is 3.00 bits per heavy atom. The summed E-state index contributed by atoms with van der Waals surface area (Å²) in [6.45, 7) is 1.97. The number of hydrogen-bond acceptors (Lipinski definition) is 2. The highest BCUT2D eigenvalue weighted by molar-refractivity contribution is 6.30. The third-order valence-corrected chi connectivity index (χ3v) is 1.70. The van der Waals surface area contributed by atoms with Crippen LogP contribution in [-0.2, 0) is 0 Å². The second-order valence-electron chi connectivity index (χ2n) is 2.57. The van der Waals surface area contributed by atoms with Crippen LogP contribution in [0.2, 0.25) is 5.02 Å². The predicted octanol–water partition coefficient (Wildman–Crippen LogP) is 2.88. The summed E-state index contributed by atoms with van der Waals surface area (Å²) in [5, 5.41) is 0.482. The number of allylic oxidation sites excluding steroid dienone is 2. The van der Waals surface area contributed by atoms with Crippen LogP contribution in [0.5, 0.6) is 0 Å². The lowest BCUT2D eigenvalue weighted by atomic mass is 10.2. The molecule has 13 heavy (non-hydrogen) atoms. The number of rotatable bonds is 3. The van der Waals surface area contributed by atoms with Gasteiger partial charge in [0.2, 0.25) is 0 Å². The first-order chi connectivity index (χ1) is 6.24. The Morgan fingerprint density at radius 2 is 2.38 bits per heavy atom. The summed E-state index contributed by atoms with van der Waals surface area (Å²) in [5.74, 6) is -0.0585. The minimum Gasteiger partial charge on any atom is -0.289 e. The predicted molar refractivity (Wildman–Crippen MR) is 53.0 cm³/mol. The first-order valence-electron chi connectivity index (χ1n) is 4.05. The molecular formula is C10H10ClNO. The first-order valence-corrected chi connectivity index (χ1v) is 4.43. The Kier molecular flexibility index (Phi) is 3.65. The van der Waals surface area contributed by atoms with Gasteiger partial charge in [0.1, 0.15) is 0 Å². The number of carbonyl (C=O) groups excluding carboxylic acids is 1. The van der Waals surface area contributed by atoms with Crippen LogP contribution < -0.4 is 0 Å². The van der Waals surface area contributed by atoms with E-state index in [1.807, 2.05) is 13.0 Å². The van der Waals surface area contributed by atoms with E-state index < -0.39 is 0 Å². The lowest BCUT2D eigenvalue weighted by molar-refractivity contribution is 0.104. The van der Waals surface area contributed by atoms with E-state index in [2.05, 4.69) is 4.98 Å². The molecule has 1 aromatic rings. The molecule has 0 fully saturated rings. The molecule has 0 aliphatic rings. The molecule has 68 valence electrons. The lowest BCUT2D eigenvalue weighted by Crippen LogP contribution is -1.94. The van der Waals surface area contributed by atoms with Crippen molar-refractivity contribution < 1.29 is 4.79 Å². The average Bonchev–Trinajstić information content (AvgIpc) is 2.14. The second-order valence-corrected chi connectivity index (χ2v) is 3.00. The van der Waals surface area contributed by atoms with Crippen LogP contribution in [-0.4, -0.2) is 10.8 Å². The van der Waals surface area contributed by atoms with Gasteiger partial charge in [-0.3, -0.25) is 9.78 Å². The zero-order valence-corrected chi connectivity index (χ0v) is 8.08. The number of aromatic nitrogens is 1. The van der Waals surface area contributed by atoms with E-state index in [9.17, 15) is 4.79 Å². The van der Waals surface area contributed by atoms with E-state index in [0.717, 1.165) is 6.42 Å². The molecule has 1 aromatic heterocycles. The van der Waals surface area contributed by atoms with Gasteiger partial charge in [-0.2, -0.15) is 0 Å². The third kappa shape index (κ3) is 2.99. The van der Waals surface area contributed by atoms with E-state index in [4.69, 9.17) is 11.6 Å². The van der Waals surface area contributed by atoms with Gasteiger partial charge in [0.25, 0.3) is 0 Å². The van der Waals surface area contributed by atoms with Crippen LogP contribution in [0.25, 0.3) is 0 Å². The topological polar surface area (TPSA) is 30.0 Å². The quantitative estimate of drug-likeness (QED) is 0.549. The molecule has 3 heteroatoms. The fourth-order valence-electron chi connectivity index (χ4n) is 0.868. The maximum Gasteiger partial charge on any atom is 0.187 e. The van der Waals surface area contributed by atoms with Gasteiger partial charge in [-0.25, -0.2) is 0 Å². The van der Waals surface area contributed by atoms with Gasteiger partial charge in [-0.1, -0.05) is 24.6 Å². The smallest absolute Gasteiger partial charge is 0.187 e. The van der Waals surface area contributed by atoms with Gasteiger partial charge in [0, 0.05) is 18.0 Å². The molecule has 0 amide bonds. The molecular weight excluding hydrogens is 186 g/mol. The highest BCUT2D eigenvalue weighted by Gasteiger charge is 2.01. The highest BCUT2D eigenvalue weighted by atomic mass is 35.5. The Morgan fingerprint density at radius 1 is 1.62 bits per heavy atom. The molecule has 0 radical (unpaired) electrons. The maximum absolute atomic E-state index is 11.4. The van der Waals surface area contributed by atoms with Gasteiger partial charge < -0.3 is 0 Å². The van der Waals surface area contributed by atoms with E-state index in [-0.39, 0.29) is 5.78 Å². The minimum atomic E-state index is -0.0585. The van der Waals surface area contributed by atoms with Gasteiger partial charge in [-0.05, 0) is 18.6 Å². The Labute approximate surface area is 82.3 Å². The van der Waals surface area contributed by atoms with Crippen molar-refractivity contribution in [3.63, 3.8) is 0 Å². The largest absolute Gasteiger partial charge is 0.289 e. The number of ketones is 1. The molecule has 0 N–H and O–H groups in total. The average molecular weight is 196 g/mol. The summed E-state index contributed by atoms with van der Waals surface area (Å²) < 4.78 is 0. The molecule has 0 aromatic carbocycles. The van der Waals surface area contributed by atoms with Crippen molar-refractivity contribution in [2.75, 3.05) is 0 Å². The molecule has 2 nitrogen and oxygen atoms in total. The van der Waals surface area contributed by atoms with Crippen molar-refractivity contribution in [1.29, 1.82) is 0 Å². The van der Waals surface area contributed by atoms with E-state index in [0.29, 0.717) is 10.6 Å². The molecule has 0 aliphatic carbocycles. The van der Waals surface area contributed by atoms with Crippen LogP contribution >= 0.6 is 11.6 Å². The number of carbonyl (C=O) groups is 1. The molecule has 0 bridgehead atoms. The zero-order valence-electron chi connectivity index (χ0n) is 7.33. The van der Waals surface area contributed by atoms with Crippen molar-refractivity contribution in [1.82, 2.24) is 4.98 Å². The fourth-order valence-corrected chi connectivity index (χ4v) is 1.04. The summed E-state index contributed by atoms with van der Waals surface area (Å²) >= 11 is 5.68. The van der Waals surface area contributed by atoms with E-state index >= 15 is 0 Å². The Balaban J connectivity index is 2.83. The van der Waals surface area contributed by atoms with Crippen molar-refractivity contribution in [3.8, 4) is 0 Å². The summed E-state index contributed by atoms with van der Waals surface area (Å²) in [6.07, 6.45) is 7.20. The monoisotopic (exact) mass is 195 g/mol. The summed E-state index contributed by atoms with van der Waals surface area (Å²) in [7, 11) is 0. The molecule has 0 unspecified atom stereocenters. The molecule has 0 saturated heterocycles. The number of nitrogens with zero attached hydrogens (tertiary/aromatic N) is 1. The summed E-state index contributed by atoms with van der Waals surface area (Å²) in [4.78, 5) is 15.2. The fraction of sp³-hybridized carbons (Fsp3) is 0.200. The normalized spacial score (nSPS) is 10.6. The first kappa shape index (κ1) is 9.93. The molecule has 0 saturated carbocycles. The van der Waals surface area contributed by atoms with Gasteiger partial charge in [0.05, 0.1) is 5.02 Å². The number of hydrogen-bond donors (Lipinski definition) is 0. The van der Waals surface area contributed by atoms with Crippen LogP contribution in [0.1, 0.15) is 23.7 Å². The minimum absolute atomic E-state index is 0.0585. The van der Waals surface area contributed by atoms with Crippen molar-refractivity contribution in [2.45, 2.75) is 13.3 Å². The van der Waals surface area contributed by atoms with Gasteiger partial charge in [-0.15, -0.1) is 0 Å². The van der Waals surface area contributed by atoms with Crippen LogP contribution in [0.3, 0.4) is 0 Å². The summed E-state index contributed by atoms with van der Waals surface area (Å²) in [6, 6.07) is 1.61.